The predicted molar refractivity (Wildman–Crippen MR) is 77.1 cm³/mol. The second-order valence-electron chi connectivity index (χ2n) is 7.02. The van der Waals surface area contributed by atoms with Crippen molar-refractivity contribution >= 4 is 0 Å². The lowest BCUT2D eigenvalue weighted by molar-refractivity contribution is 0.214. The van der Waals surface area contributed by atoms with Crippen LogP contribution in [0, 0.1) is 11.8 Å². The van der Waals surface area contributed by atoms with E-state index < -0.39 is 0 Å². The van der Waals surface area contributed by atoms with Crippen LogP contribution in [0.1, 0.15) is 50.0 Å². The molecule has 20 heavy (non-hydrogen) atoms. The molecule has 0 saturated heterocycles. The van der Waals surface area contributed by atoms with Crippen LogP contribution < -0.4 is 5.32 Å². The molecular formula is C16H25N3O. The fourth-order valence-corrected chi connectivity index (χ4v) is 2.81. The standard InChI is InChI=1S/C16H25N3O/c1-2-12(1)9-19(10-13-3-4-13)11-16-7-15(18-20-16)8-17-14-5-6-14/h7,12-14,17H,1-6,8-11H2. The summed E-state index contributed by atoms with van der Waals surface area (Å²) in [5.41, 5.74) is 1.06. The van der Waals surface area contributed by atoms with Crippen molar-refractivity contribution in [3.05, 3.63) is 17.5 Å². The zero-order chi connectivity index (χ0) is 13.4. The first-order valence-corrected chi connectivity index (χ1v) is 8.25. The lowest BCUT2D eigenvalue weighted by atomic mass is 10.2. The van der Waals surface area contributed by atoms with E-state index in [1.54, 1.807) is 0 Å². The predicted octanol–water partition coefficient (Wildman–Crippen LogP) is 2.55. The lowest BCUT2D eigenvalue weighted by Crippen LogP contribution is -2.27. The number of nitrogens with zero attached hydrogens (tertiary/aromatic N) is 2. The second kappa shape index (κ2) is 5.49. The molecule has 1 heterocycles. The zero-order valence-corrected chi connectivity index (χ0v) is 12.2. The van der Waals surface area contributed by atoms with Crippen LogP contribution in [0.3, 0.4) is 0 Å². The number of aromatic nitrogens is 1. The van der Waals surface area contributed by atoms with Gasteiger partial charge in [-0.25, -0.2) is 0 Å². The van der Waals surface area contributed by atoms with Gasteiger partial charge in [-0.3, -0.25) is 4.90 Å². The summed E-state index contributed by atoms with van der Waals surface area (Å²) >= 11 is 0. The Labute approximate surface area is 120 Å². The Bertz CT molecular complexity index is 432. The number of rotatable bonds is 9. The molecular weight excluding hydrogens is 250 g/mol. The summed E-state index contributed by atoms with van der Waals surface area (Å²) < 4.78 is 5.52. The third kappa shape index (κ3) is 3.83. The molecule has 3 aliphatic carbocycles. The van der Waals surface area contributed by atoms with Gasteiger partial charge in [0.2, 0.25) is 0 Å². The van der Waals surface area contributed by atoms with Gasteiger partial charge in [-0.05, 0) is 50.4 Å². The minimum Gasteiger partial charge on any atom is -0.360 e. The Balaban J connectivity index is 1.30. The SMILES string of the molecule is c1c(CNC2CC2)noc1CN(CC1CC1)CC1CC1. The van der Waals surface area contributed by atoms with Crippen LogP contribution in [0.5, 0.6) is 0 Å². The minimum atomic E-state index is 0.733. The van der Waals surface area contributed by atoms with E-state index in [-0.39, 0.29) is 0 Å². The third-order valence-corrected chi connectivity index (χ3v) is 4.56. The smallest absolute Gasteiger partial charge is 0.151 e. The molecule has 0 unspecified atom stereocenters. The maximum atomic E-state index is 5.52. The second-order valence-corrected chi connectivity index (χ2v) is 7.02. The molecule has 110 valence electrons. The van der Waals surface area contributed by atoms with E-state index >= 15 is 0 Å². The molecule has 0 radical (unpaired) electrons. The maximum absolute atomic E-state index is 5.52. The van der Waals surface area contributed by atoms with E-state index in [1.807, 2.05) is 0 Å². The number of hydrogen-bond donors (Lipinski definition) is 1. The van der Waals surface area contributed by atoms with Gasteiger partial charge < -0.3 is 9.84 Å². The topological polar surface area (TPSA) is 41.3 Å². The maximum Gasteiger partial charge on any atom is 0.151 e. The minimum absolute atomic E-state index is 0.733. The van der Waals surface area contributed by atoms with Gasteiger partial charge in [-0.2, -0.15) is 0 Å². The molecule has 1 N–H and O–H groups in total. The fraction of sp³-hybridized carbons (Fsp3) is 0.812. The molecule has 0 atom stereocenters. The Hall–Kier alpha value is -0.870. The van der Waals surface area contributed by atoms with Crippen molar-refractivity contribution in [1.82, 2.24) is 15.4 Å². The van der Waals surface area contributed by atoms with Gasteiger partial charge >= 0.3 is 0 Å². The van der Waals surface area contributed by atoms with E-state index in [0.29, 0.717) is 0 Å². The molecule has 3 saturated carbocycles. The van der Waals surface area contributed by atoms with Crippen LogP contribution in [-0.4, -0.2) is 29.2 Å². The summed E-state index contributed by atoms with van der Waals surface area (Å²) in [4.78, 5) is 2.59. The Morgan fingerprint density at radius 2 is 1.80 bits per heavy atom. The molecule has 0 spiro atoms. The monoisotopic (exact) mass is 275 g/mol. The third-order valence-electron chi connectivity index (χ3n) is 4.56. The van der Waals surface area contributed by atoms with Gasteiger partial charge in [-0.15, -0.1) is 0 Å². The molecule has 0 aliphatic heterocycles. The molecule has 1 aromatic heterocycles. The quantitative estimate of drug-likeness (QED) is 0.752. The van der Waals surface area contributed by atoms with Crippen LogP contribution in [-0.2, 0) is 13.1 Å². The highest BCUT2D eigenvalue weighted by molar-refractivity contribution is 5.06. The van der Waals surface area contributed by atoms with Crippen LogP contribution in [0.15, 0.2) is 10.6 Å². The van der Waals surface area contributed by atoms with E-state index in [1.165, 1.54) is 51.6 Å². The van der Waals surface area contributed by atoms with E-state index in [2.05, 4.69) is 21.4 Å². The molecule has 0 amide bonds. The lowest BCUT2D eigenvalue weighted by Gasteiger charge is -2.20. The van der Waals surface area contributed by atoms with Gasteiger partial charge in [0.15, 0.2) is 5.76 Å². The summed E-state index contributed by atoms with van der Waals surface area (Å²) in [6, 6.07) is 2.87. The van der Waals surface area contributed by atoms with Gasteiger partial charge in [0.1, 0.15) is 0 Å². The Morgan fingerprint density at radius 1 is 1.10 bits per heavy atom. The van der Waals surface area contributed by atoms with Crippen molar-refractivity contribution in [2.45, 2.75) is 57.7 Å². The fourth-order valence-electron chi connectivity index (χ4n) is 2.81. The summed E-state index contributed by atoms with van der Waals surface area (Å²) in [5, 5.41) is 7.68. The van der Waals surface area contributed by atoms with Crippen molar-refractivity contribution in [2.24, 2.45) is 11.8 Å². The first-order chi connectivity index (χ1) is 9.85. The van der Waals surface area contributed by atoms with Gasteiger partial charge in [-0.1, -0.05) is 5.16 Å². The highest BCUT2D eigenvalue weighted by Crippen LogP contribution is 2.34. The van der Waals surface area contributed by atoms with Crippen molar-refractivity contribution in [3.8, 4) is 0 Å². The summed E-state index contributed by atoms with van der Waals surface area (Å²) in [7, 11) is 0. The molecule has 4 rings (SSSR count). The molecule has 3 aliphatic rings. The summed E-state index contributed by atoms with van der Waals surface area (Å²) in [6.45, 7) is 4.32. The van der Waals surface area contributed by atoms with E-state index in [4.69, 9.17) is 4.52 Å². The zero-order valence-electron chi connectivity index (χ0n) is 12.2. The first kappa shape index (κ1) is 12.8. The Morgan fingerprint density at radius 3 is 2.40 bits per heavy atom. The largest absolute Gasteiger partial charge is 0.360 e. The molecule has 3 fully saturated rings. The summed E-state index contributed by atoms with van der Waals surface area (Å²) in [6.07, 6.45) is 8.34. The number of nitrogens with one attached hydrogen (secondary N) is 1. The van der Waals surface area contributed by atoms with Crippen molar-refractivity contribution in [2.75, 3.05) is 13.1 Å². The number of hydrogen-bond acceptors (Lipinski definition) is 4. The van der Waals surface area contributed by atoms with Crippen molar-refractivity contribution in [1.29, 1.82) is 0 Å². The van der Waals surface area contributed by atoms with Gasteiger partial charge in [0.25, 0.3) is 0 Å². The van der Waals surface area contributed by atoms with E-state index in [9.17, 15) is 0 Å². The molecule has 1 aromatic rings. The molecule has 0 bridgehead atoms. The van der Waals surface area contributed by atoms with Gasteiger partial charge in [0, 0.05) is 31.7 Å². The highest BCUT2D eigenvalue weighted by atomic mass is 16.5. The molecule has 4 heteroatoms. The first-order valence-electron chi connectivity index (χ1n) is 8.25. The average molecular weight is 275 g/mol. The van der Waals surface area contributed by atoms with Crippen LogP contribution >= 0.6 is 0 Å². The van der Waals surface area contributed by atoms with Crippen LogP contribution in [0.4, 0.5) is 0 Å². The molecule has 0 aromatic carbocycles. The van der Waals surface area contributed by atoms with Crippen molar-refractivity contribution in [3.63, 3.8) is 0 Å². The van der Waals surface area contributed by atoms with Crippen molar-refractivity contribution < 1.29 is 4.52 Å². The summed E-state index contributed by atoms with van der Waals surface area (Å²) in [5.74, 6) is 2.94. The normalized spacial score (nSPS) is 22.6. The van der Waals surface area contributed by atoms with Gasteiger partial charge in [0.05, 0.1) is 12.2 Å². The van der Waals surface area contributed by atoms with E-state index in [0.717, 1.165) is 42.4 Å². The molecule has 4 nitrogen and oxygen atoms in total. The Kier molecular flexibility index (Phi) is 3.52. The average Bonchev–Trinajstić information content (AvgIpc) is 3.27. The van der Waals surface area contributed by atoms with Crippen LogP contribution in [0.25, 0.3) is 0 Å². The van der Waals surface area contributed by atoms with Crippen LogP contribution in [0.2, 0.25) is 0 Å². The highest BCUT2D eigenvalue weighted by Gasteiger charge is 2.29.